The largest absolute Gasteiger partial charge is 0.322 e. The summed E-state index contributed by atoms with van der Waals surface area (Å²) in [7, 11) is 0. The van der Waals surface area contributed by atoms with Crippen molar-refractivity contribution in [2.45, 2.75) is 6.92 Å². The lowest BCUT2D eigenvalue weighted by molar-refractivity contribution is 0.102. The van der Waals surface area contributed by atoms with Crippen molar-refractivity contribution in [3.63, 3.8) is 0 Å². The molecule has 0 fully saturated rings. The van der Waals surface area contributed by atoms with Gasteiger partial charge in [0.1, 0.15) is 0 Å². The van der Waals surface area contributed by atoms with Gasteiger partial charge in [-0.1, -0.05) is 51.8 Å². The summed E-state index contributed by atoms with van der Waals surface area (Å²) in [4.78, 5) is 24.5. The van der Waals surface area contributed by atoms with E-state index in [-0.39, 0.29) is 11.7 Å². The summed E-state index contributed by atoms with van der Waals surface area (Å²) in [5.74, 6) is -0.265. The van der Waals surface area contributed by atoms with E-state index in [9.17, 15) is 9.59 Å². The number of hydrogen-bond donors (Lipinski definition) is 1. The van der Waals surface area contributed by atoms with Crippen LogP contribution in [0.4, 0.5) is 5.69 Å². The van der Waals surface area contributed by atoms with Gasteiger partial charge in [0.2, 0.25) is 0 Å². The van der Waals surface area contributed by atoms with E-state index in [2.05, 4.69) is 21.2 Å². The number of amides is 1. The molecule has 4 heteroatoms. The average Bonchev–Trinajstić information content (AvgIpc) is 2.68. The maximum Gasteiger partial charge on any atom is 0.255 e. The highest BCUT2D eigenvalue weighted by atomic mass is 79.9. The summed E-state index contributed by atoms with van der Waals surface area (Å²) in [5.41, 5.74) is 3.86. The van der Waals surface area contributed by atoms with Crippen LogP contribution < -0.4 is 5.32 Å². The Labute approximate surface area is 166 Å². The standard InChI is InChI=1S/C23H18BrNO2/c1-16-2-7-19(8-3-16)23(27)25-21-13-9-18(10-14-21)22(26)15-6-17-4-11-20(24)12-5-17/h2-15H,1H3,(H,25,27). The third-order valence-corrected chi connectivity index (χ3v) is 4.57. The van der Waals surface area contributed by atoms with Gasteiger partial charge < -0.3 is 5.32 Å². The molecule has 3 nitrogen and oxygen atoms in total. The molecule has 0 aromatic heterocycles. The molecule has 0 radical (unpaired) electrons. The van der Waals surface area contributed by atoms with E-state index in [0.717, 1.165) is 15.6 Å². The summed E-state index contributed by atoms with van der Waals surface area (Å²) in [6.45, 7) is 1.97. The number of aryl methyl sites for hydroxylation is 1. The number of benzene rings is 3. The van der Waals surface area contributed by atoms with Crippen LogP contribution in [0.1, 0.15) is 31.8 Å². The summed E-state index contributed by atoms with van der Waals surface area (Å²) < 4.78 is 0.995. The lowest BCUT2D eigenvalue weighted by Crippen LogP contribution is -2.11. The smallest absolute Gasteiger partial charge is 0.255 e. The summed E-state index contributed by atoms with van der Waals surface area (Å²) in [6, 6.07) is 22.0. The van der Waals surface area contributed by atoms with E-state index in [4.69, 9.17) is 0 Å². The molecular weight excluding hydrogens is 402 g/mol. The van der Waals surface area contributed by atoms with Crippen LogP contribution in [0.25, 0.3) is 6.08 Å². The molecule has 0 aliphatic carbocycles. The van der Waals surface area contributed by atoms with Crippen molar-refractivity contribution in [3.8, 4) is 0 Å². The normalized spacial score (nSPS) is 10.7. The van der Waals surface area contributed by atoms with Gasteiger partial charge in [0.05, 0.1) is 0 Å². The minimum Gasteiger partial charge on any atom is -0.322 e. The molecule has 0 aliphatic heterocycles. The van der Waals surface area contributed by atoms with Crippen molar-refractivity contribution < 1.29 is 9.59 Å². The fourth-order valence-corrected chi connectivity index (χ4v) is 2.73. The van der Waals surface area contributed by atoms with Crippen LogP contribution in [0.15, 0.2) is 83.3 Å². The van der Waals surface area contributed by atoms with Gasteiger partial charge in [-0.25, -0.2) is 0 Å². The Hall–Kier alpha value is -2.98. The summed E-state index contributed by atoms with van der Waals surface area (Å²) in [6.07, 6.45) is 3.32. The molecule has 0 unspecified atom stereocenters. The SMILES string of the molecule is Cc1ccc(C(=O)Nc2ccc(C(=O)C=Cc3ccc(Br)cc3)cc2)cc1. The molecule has 0 saturated heterocycles. The number of carbonyl (C=O) groups is 2. The topological polar surface area (TPSA) is 46.2 Å². The number of hydrogen-bond acceptors (Lipinski definition) is 2. The first-order valence-electron chi connectivity index (χ1n) is 8.47. The van der Waals surface area contributed by atoms with Gasteiger partial charge in [0.25, 0.3) is 5.91 Å². The summed E-state index contributed by atoms with van der Waals surface area (Å²) >= 11 is 3.38. The van der Waals surface area contributed by atoms with E-state index in [1.165, 1.54) is 0 Å². The van der Waals surface area contributed by atoms with Gasteiger partial charge in [0, 0.05) is 21.3 Å². The Morgan fingerprint density at radius 3 is 2.04 bits per heavy atom. The number of carbonyl (C=O) groups excluding carboxylic acids is 2. The van der Waals surface area contributed by atoms with Crippen LogP contribution in [0.5, 0.6) is 0 Å². The van der Waals surface area contributed by atoms with E-state index in [1.54, 1.807) is 48.6 Å². The first-order valence-corrected chi connectivity index (χ1v) is 9.27. The fraction of sp³-hybridized carbons (Fsp3) is 0.0435. The maximum absolute atomic E-state index is 12.3. The highest BCUT2D eigenvalue weighted by molar-refractivity contribution is 9.10. The molecule has 0 heterocycles. The molecule has 0 aliphatic rings. The first kappa shape index (κ1) is 18.8. The van der Waals surface area contributed by atoms with Crippen molar-refractivity contribution in [3.05, 3.63) is 106 Å². The summed E-state index contributed by atoms with van der Waals surface area (Å²) in [5, 5.41) is 2.83. The van der Waals surface area contributed by atoms with Gasteiger partial charge in [-0.15, -0.1) is 0 Å². The quantitative estimate of drug-likeness (QED) is 0.412. The lowest BCUT2D eigenvalue weighted by Gasteiger charge is -2.06. The molecule has 3 aromatic rings. The van der Waals surface area contributed by atoms with Crippen LogP contribution >= 0.6 is 15.9 Å². The second kappa shape index (κ2) is 8.60. The van der Waals surface area contributed by atoms with Crippen LogP contribution in [0.2, 0.25) is 0 Å². The minimum atomic E-state index is -0.177. The van der Waals surface area contributed by atoms with Crippen LogP contribution in [-0.2, 0) is 0 Å². The van der Waals surface area contributed by atoms with Crippen molar-refractivity contribution >= 4 is 39.4 Å². The fourth-order valence-electron chi connectivity index (χ4n) is 2.47. The number of allylic oxidation sites excluding steroid dienone is 1. The molecule has 1 N–H and O–H groups in total. The Balaban J connectivity index is 1.64. The second-order valence-electron chi connectivity index (χ2n) is 6.15. The molecule has 1 amide bonds. The zero-order valence-corrected chi connectivity index (χ0v) is 16.4. The maximum atomic E-state index is 12.3. The third kappa shape index (κ3) is 5.25. The number of rotatable bonds is 5. The van der Waals surface area contributed by atoms with Crippen LogP contribution in [0, 0.1) is 6.92 Å². The average molecular weight is 420 g/mol. The van der Waals surface area contributed by atoms with Gasteiger partial charge >= 0.3 is 0 Å². The van der Waals surface area contributed by atoms with Crippen molar-refractivity contribution in [1.29, 1.82) is 0 Å². The van der Waals surface area contributed by atoms with E-state index < -0.39 is 0 Å². The molecular formula is C23H18BrNO2. The number of anilines is 1. The zero-order valence-electron chi connectivity index (χ0n) is 14.8. The van der Waals surface area contributed by atoms with E-state index in [1.807, 2.05) is 43.3 Å². The highest BCUT2D eigenvalue weighted by Gasteiger charge is 2.07. The number of ketones is 1. The third-order valence-electron chi connectivity index (χ3n) is 4.04. The molecule has 134 valence electrons. The Morgan fingerprint density at radius 2 is 1.41 bits per heavy atom. The molecule has 0 bridgehead atoms. The van der Waals surface area contributed by atoms with Gasteiger partial charge in [0.15, 0.2) is 5.78 Å². The molecule has 0 saturated carbocycles. The van der Waals surface area contributed by atoms with Crippen LogP contribution in [0.3, 0.4) is 0 Å². The predicted molar refractivity (Wildman–Crippen MR) is 113 cm³/mol. The Morgan fingerprint density at radius 1 is 0.815 bits per heavy atom. The Bertz CT molecular complexity index is 972. The Kier molecular flexibility index (Phi) is 5.99. The highest BCUT2D eigenvalue weighted by Crippen LogP contribution is 2.15. The second-order valence-corrected chi connectivity index (χ2v) is 7.06. The van der Waals surface area contributed by atoms with Gasteiger partial charge in [-0.2, -0.15) is 0 Å². The molecule has 0 atom stereocenters. The van der Waals surface area contributed by atoms with Gasteiger partial charge in [-0.05, 0) is 67.1 Å². The number of halogens is 1. The molecule has 27 heavy (non-hydrogen) atoms. The lowest BCUT2D eigenvalue weighted by atomic mass is 10.1. The van der Waals surface area contributed by atoms with Gasteiger partial charge in [-0.3, -0.25) is 9.59 Å². The van der Waals surface area contributed by atoms with E-state index >= 15 is 0 Å². The minimum absolute atomic E-state index is 0.0886. The molecule has 3 aromatic carbocycles. The van der Waals surface area contributed by atoms with Crippen molar-refractivity contribution in [2.24, 2.45) is 0 Å². The van der Waals surface area contributed by atoms with Crippen molar-refractivity contribution in [2.75, 3.05) is 5.32 Å². The number of nitrogens with one attached hydrogen (secondary N) is 1. The predicted octanol–water partition coefficient (Wildman–Crippen LogP) is 5.91. The monoisotopic (exact) mass is 419 g/mol. The molecule has 0 spiro atoms. The van der Waals surface area contributed by atoms with Crippen LogP contribution in [-0.4, -0.2) is 11.7 Å². The van der Waals surface area contributed by atoms with Crippen molar-refractivity contribution in [1.82, 2.24) is 0 Å². The molecule has 3 rings (SSSR count). The first-order chi connectivity index (χ1) is 13.0. The van der Waals surface area contributed by atoms with E-state index in [0.29, 0.717) is 16.8 Å². The zero-order chi connectivity index (χ0) is 19.2.